The number of aromatic hydroxyl groups is 1. The zero-order chi connectivity index (χ0) is 9.97. The van der Waals surface area contributed by atoms with E-state index in [9.17, 15) is 5.11 Å². The number of rotatable bonds is 2. The van der Waals surface area contributed by atoms with Gasteiger partial charge in [0.2, 0.25) is 0 Å². The maximum absolute atomic E-state index is 9.37. The highest BCUT2D eigenvalue weighted by Crippen LogP contribution is 2.29. The van der Waals surface area contributed by atoms with Crippen LogP contribution in [0.3, 0.4) is 0 Å². The van der Waals surface area contributed by atoms with E-state index in [0.717, 1.165) is 12.8 Å². The molecule has 3 heteroatoms. The van der Waals surface area contributed by atoms with Crippen LogP contribution in [0.4, 0.5) is 5.69 Å². The Hall–Kier alpha value is -1.38. The molecule has 3 nitrogen and oxygen atoms in total. The fourth-order valence-electron chi connectivity index (χ4n) is 1.80. The van der Waals surface area contributed by atoms with E-state index in [0.29, 0.717) is 17.5 Å². The molecular weight excluding hydrogens is 178 g/mol. The maximum Gasteiger partial charge on any atom is 0.142 e. The molecule has 0 atom stereocenters. The van der Waals surface area contributed by atoms with Crippen molar-refractivity contribution in [3.63, 3.8) is 0 Å². The fourth-order valence-corrected chi connectivity index (χ4v) is 1.80. The molecule has 0 bridgehead atoms. The Labute approximate surface area is 83.5 Å². The van der Waals surface area contributed by atoms with Gasteiger partial charge < -0.3 is 15.6 Å². The Kier molecular flexibility index (Phi) is 2.48. The minimum Gasteiger partial charge on any atom is -0.506 e. The summed E-state index contributed by atoms with van der Waals surface area (Å²) >= 11 is 0. The van der Waals surface area contributed by atoms with Crippen molar-refractivity contribution in [3.8, 4) is 11.5 Å². The zero-order valence-electron chi connectivity index (χ0n) is 8.07. The Balaban J connectivity index is 2.05. The molecule has 0 heterocycles. The molecule has 1 aromatic carbocycles. The van der Waals surface area contributed by atoms with Crippen molar-refractivity contribution in [1.29, 1.82) is 0 Å². The van der Waals surface area contributed by atoms with Gasteiger partial charge in [-0.05, 0) is 37.8 Å². The lowest BCUT2D eigenvalue weighted by Crippen LogP contribution is -2.10. The second-order valence-corrected chi connectivity index (χ2v) is 3.74. The molecule has 1 aliphatic carbocycles. The van der Waals surface area contributed by atoms with E-state index in [1.54, 1.807) is 18.2 Å². The molecule has 0 unspecified atom stereocenters. The molecule has 1 aliphatic rings. The van der Waals surface area contributed by atoms with E-state index in [-0.39, 0.29) is 5.75 Å². The number of nitrogen functional groups attached to an aromatic ring is 1. The normalized spacial score (nSPS) is 17.1. The number of nitrogens with two attached hydrogens (primary N) is 1. The second kappa shape index (κ2) is 3.78. The topological polar surface area (TPSA) is 55.5 Å². The number of phenolic OH excluding ortho intramolecular Hbond substituents is 1. The minimum atomic E-state index is 0.0977. The summed E-state index contributed by atoms with van der Waals surface area (Å²) in [5, 5.41) is 9.37. The molecule has 0 amide bonds. The Bertz CT molecular complexity index is 319. The zero-order valence-corrected chi connectivity index (χ0v) is 8.07. The molecule has 2 rings (SSSR count). The average molecular weight is 193 g/mol. The average Bonchev–Trinajstić information content (AvgIpc) is 2.64. The summed E-state index contributed by atoms with van der Waals surface area (Å²) in [4.78, 5) is 0. The Morgan fingerprint density at radius 1 is 1.29 bits per heavy atom. The molecule has 0 aliphatic heterocycles. The van der Waals surface area contributed by atoms with Gasteiger partial charge in [-0.25, -0.2) is 0 Å². The largest absolute Gasteiger partial charge is 0.506 e. The van der Waals surface area contributed by atoms with Crippen molar-refractivity contribution in [2.24, 2.45) is 0 Å². The van der Waals surface area contributed by atoms with Gasteiger partial charge >= 0.3 is 0 Å². The van der Waals surface area contributed by atoms with Gasteiger partial charge in [-0.2, -0.15) is 0 Å². The number of benzene rings is 1. The van der Waals surface area contributed by atoms with Crippen molar-refractivity contribution in [2.45, 2.75) is 31.8 Å². The molecule has 0 saturated heterocycles. The Morgan fingerprint density at radius 3 is 2.64 bits per heavy atom. The summed E-state index contributed by atoms with van der Waals surface area (Å²) in [6.45, 7) is 0. The SMILES string of the molecule is Nc1ccc(OC2CCCC2)cc1O. The van der Waals surface area contributed by atoms with Crippen molar-refractivity contribution in [3.05, 3.63) is 18.2 Å². The summed E-state index contributed by atoms with van der Waals surface area (Å²) in [5.74, 6) is 0.809. The van der Waals surface area contributed by atoms with E-state index in [2.05, 4.69) is 0 Å². The van der Waals surface area contributed by atoms with Crippen molar-refractivity contribution >= 4 is 5.69 Å². The predicted molar refractivity (Wildman–Crippen MR) is 55.4 cm³/mol. The number of hydrogen-bond donors (Lipinski definition) is 2. The van der Waals surface area contributed by atoms with Gasteiger partial charge in [0, 0.05) is 6.07 Å². The lowest BCUT2D eigenvalue weighted by molar-refractivity contribution is 0.209. The van der Waals surface area contributed by atoms with Gasteiger partial charge in [0.1, 0.15) is 11.5 Å². The standard InChI is InChI=1S/C11H15NO2/c12-10-6-5-9(7-11(10)13)14-8-3-1-2-4-8/h5-8,13H,1-4,12H2. The Morgan fingerprint density at radius 2 is 2.00 bits per heavy atom. The molecule has 0 aromatic heterocycles. The van der Waals surface area contributed by atoms with E-state index < -0.39 is 0 Å². The third-order valence-corrected chi connectivity index (χ3v) is 2.61. The number of hydrogen-bond acceptors (Lipinski definition) is 3. The van der Waals surface area contributed by atoms with Gasteiger partial charge in [0.05, 0.1) is 11.8 Å². The molecule has 0 radical (unpaired) electrons. The first-order chi connectivity index (χ1) is 6.75. The van der Waals surface area contributed by atoms with E-state index in [4.69, 9.17) is 10.5 Å². The van der Waals surface area contributed by atoms with Crippen LogP contribution in [0.25, 0.3) is 0 Å². The molecule has 0 spiro atoms. The van der Waals surface area contributed by atoms with Gasteiger partial charge in [-0.15, -0.1) is 0 Å². The molecule has 1 saturated carbocycles. The van der Waals surface area contributed by atoms with Crippen LogP contribution >= 0.6 is 0 Å². The number of phenols is 1. The summed E-state index contributed by atoms with van der Waals surface area (Å²) in [7, 11) is 0. The maximum atomic E-state index is 9.37. The van der Waals surface area contributed by atoms with E-state index in [1.807, 2.05) is 0 Å². The molecule has 14 heavy (non-hydrogen) atoms. The van der Waals surface area contributed by atoms with Crippen LogP contribution in [0.15, 0.2) is 18.2 Å². The highest BCUT2D eigenvalue weighted by atomic mass is 16.5. The van der Waals surface area contributed by atoms with Crippen LogP contribution in [-0.4, -0.2) is 11.2 Å². The van der Waals surface area contributed by atoms with Crippen LogP contribution in [0, 0.1) is 0 Å². The van der Waals surface area contributed by atoms with Crippen LogP contribution in [-0.2, 0) is 0 Å². The molecule has 1 fully saturated rings. The summed E-state index contributed by atoms with van der Waals surface area (Å²) < 4.78 is 5.70. The summed E-state index contributed by atoms with van der Waals surface area (Å²) in [6, 6.07) is 5.04. The predicted octanol–water partition coefficient (Wildman–Crippen LogP) is 2.30. The van der Waals surface area contributed by atoms with E-state index >= 15 is 0 Å². The second-order valence-electron chi connectivity index (χ2n) is 3.74. The highest BCUT2D eigenvalue weighted by Gasteiger charge is 2.16. The first-order valence-corrected chi connectivity index (χ1v) is 5.01. The highest BCUT2D eigenvalue weighted by molar-refractivity contribution is 5.54. The summed E-state index contributed by atoms with van der Waals surface area (Å²) in [6.07, 6.45) is 5.03. The van der Waals surface area contributed by atoms with Crippen LogP contribution < -0.4 is 10.5 Å². The fraction of sp³-hybridized carbons (Fsp3) is 0.455. The minimum absolute atomic E-state index is 0.0977. The molecule has 76 valence electrons. The van der Waals surface area contributed by atoms with Crippen LogP contribution in [0.5, 0.6) is 11.5 Å². The van der Waals surface area contributed by atoms with Crippen LogP contribution in [0.1, 0.15) is 25.7 Å². The molecule has 1 aromatic rings. The van der Waals surface area contributed by atoms with Gasteiger partial charge in [-0.1, -0.05) is 0 Å². The lowest BCUT2D eigenvalue weighted by Gasteiger charge is -2.13. The monoisotopic (exact) mass is 193 g/mol. The first kappa shape index (κ1) is 9.19. The molecule has 3 N–H and O–H groups in total. The third kappa shape index (κ3) is 1.92. The smallest absolute Gasteiger partial charge is 0.142 e. The van der Waals surface area contributed by atoms with Gasteiger partial charge in [0.15, 0.2) is 0 Å². The quantitative estimate of drug-likeness (QED) is 0.559. The molecular formula is C11H15NO2. The number of anilines is 1. The van der Waals surface area contributed by atoms with E-state index in [1.165, 1.54) is 12.8 Å². The van der Waals surface area contributed by atoms with Gasteiger partial charge in [0.25, 0.3) is 0 Å². The number of ether oxygens (including phenoxy) is 1. The third-order valence-electron chi connectivity index (χ3n) is 2.61. The van der Waals surface area contributed by atoms with Crippen LogP contribution in [0.2, 0.25) is 0 Å². The van der Waals surface area contributed by atoms with Crippen molar-refractivity contribution in [1.82, 2.24) is 0 Å². The van der Waals surface area contributed by atoms with Gasteiger partial charge in [-0.3, -0.25) is 0 Å². The summed E-state index contributed by atoms with van der Waals surface area (Å²) in [5.41, 5.74) is 5.88. The lowest BCUT2D eigenvalue weighted by atomic mass is 10.2. The first-order valence-electron chi connectivity index (χ1n) is 5.01. The van der Waals surface area contributed by atoms with Crippen molar-refractivity contribution in [2.75, 3.05) is 5.73 Å². The van der Waals surface area contributed by atoms with Crippen molar-refractivity contribution < 1.29 is 9.84 Å².